The minimum atomic E-state index is -1.67. The lowest BCUT2D eigenvalue weighted by atomic mass is 9.67. The van der Waals surface area contributed by atoms with Crippen LogP contribution in [-0.2, 0) is 14.3 Å². The number of amides is 1. The van der Waals surface area contributed by atoms with Crippen molar-refractivity contribution in [2.75, 3.05) is 81.5 Å². The summed E-state index contributed by atoms with van der Waals surface area (Å²) in [6.07, 6.45) is 3.50. The van der Waals surface area contributed by atoms with Crippen molar-refractivity contribution in [2.24, 2.45) is 5.92 Å². The van der Waals surface area contributed by atoms with Gasteiger partial charge < -0.3 is 43.2 Å². The summed E-state index contributed by atoms with van der Waals surface area (Å²) in [7, 11) is 7.78. The second kappa shape index (κ2) is 17.8. The van der Waals surface area contributed by atoms with E-state index in [1.807, 2.05) is 55.5 Å². The van der Waals surface area contributed by atoms with Gasteiger partial charge >= 0.3 is 5.97 Å². The molecular weight excluding hydrogens is 704 g/mol. The second-order valence-corrected chi connectivity index (χ2v) is 14.6. The first-order chi connectivity index (χ1) is 26.7. The molecule has 6 rings (SSSR count). The highest BCUT2D eigenvalue weighted by Crippen LogP contribution is 2.55. The molecule has 2 heterocycles. The molecule has 0 bridgehead atoms. The van der Waals surface area contributed by atoms with E-state index in [0.29, 0.717) is 85.1 Å². The summed E-state index contributed by atoms with van der Waals surface area (Å²) in [5, 5.41) is 11.8. The maximum Gasteiger partial charge on any atom is 0.330 e. The van der Waals surface area contributed by atoms with Gasteiger partial charge in [0.2, 0.25) is 11.7 Å². The van der Waals surface area contributed by atoms with Crippen LogP contribution in [0.4, 0.5) is 0 Å². The molecule has 3 aromatic carbocycles. The summed E-state index contributed by atoms with van der Waals surface area (Å²) in [6.45, 7) is 6.64. The van der Waals surface area contributed by atoms with Crippen molar-refractivity contribution in [2.45, 2.75) is 62.3 Å². The molecule has 1 aliphatic carbocycles. The van der Waals surface area contributed by atoms with Crippen LogP contribution >= 0.6 is 0 Å². The van der Waals surface area contributed by atoms with Crippen molar-refractivity contribution in [1.82, 2.24) is 9.80 Å². The van der Waals surface area contributed by atoms with Crippen LogP contribution < -0.4 is 28.4 Å². The second-order valence-electron chi connectivity index (χ2n) is 14.6. The molecule has 4 atom stereocenters. The van der Waals surface area contributed by atoms with Crippen molar-refractivity contribution < 1.29 is 47.9 Å². The monoisotopic (exact) mass is 760 g/mol. The molecule has 1 saturated carbocycles. The summed E-state index contributed by atoms with van der Waals surface area (Å²) in [5.41, 5.74) is 0.591. The molecule has 3 fully saturated rings. The topological polar surface area (TPSA) is 125 Å². The van der Waals surface area contributed by atoms with Crippen molar-refractivity contribution in [3.8, 4) is 34.5 Å². The van der Waals surface area contributed by atoms with Gasteiger partial charge in [-0.05, 0) is 78.3 Å². The first kappa shape index (κ1) is 40.0. The highest BCUT2D eigenvalue weighted by atomic mass is 16.5. The first-order valence-electron chi connectivity index (χ1n) is 19.3. The summed E-state index contributed by atoms with van der Waals surface area (Å²) >= 11 is 0. The number of ether oxygens (including phenoxy) is 7. The number of morpholine rings is 1. The van der Waals surface area contributed by atoms with Gasteiger partial charge in [-0.2, -0.15) is 0 Å². The summed E-state index contributed by atoms with van der Waals surface area (Å²) < 4.78 is 40.1. The Morgan fingerprint density at radius 1 is 0.818 bits per heavy atom. The number of hydrogen-bond donors (Lipinski definition) is 1. The molecule has 2 saturated heterocycles. The molecule has 0 aromatic heterocycles. The smallest absolute Gasteiger partial charge is 0.330 e. The molecule has 1 N–H and O–H groups in total. The van der Waals surface area contributed by atoms with Crippen molar-refractivity contribution >= 4 is 11.9 Å². The molecule has 1 amide bonds. The maximum absolute atomic E-state index is 15.5. The van der Waals surface area contributed by atoms with E-state index in [9.17, 15) is 9.90 Å². The van der Waals surface area contributed by atoms with E-state index < -0.39 is 29.3 Å². The third kappa shape index (κ3) is 8.16. The Kier molecular flexibility index (Phi) is 13.0. The number of rotatable bonds is 18. The Balaban J connectivity index is 1.45. The average molecular weight is 761 g/mol. The number of benzene rings is 3. The van der Waals surface area contributed by atoms with Crippen LogP contribution in [0.5, 0.6) is 34.5 Å². The molecule has 2 aliphatic heterocycles. The van der Waals surface area contributed by atoms with Crippen LogP contribution in [0.3, 0.4) is 0 Å². The Labute approximate surface area is 324 Å². The number of carbonyl (C=O) groups is 2. The van der Waals surface area contributed by atoms with E-state index in [2.05, 4.69) is 4.90 Å². The van der Waals surface area contributed by atoms with Crippen molar-refractivity contribution in [1.29, 1.82) is 0 Å². The van der Waals surface area contributed by atoms with Gasteiger partial charge in [-0.15, -0.1) is 0 Å². The van der Waals surface area contributed by atoms with Gasteiger partial charge in [-0.3, -0.25) is 9.69 Å². The average Bonchev–Trinajstić information content (AvgIpc) is 3.96. The van der Waals surface area contributed by atoms with Gasteiger partial charge in [0, 0.05) is 38.0 Å². The molecular formula is C43H56N2O10. The number of carboxylic acids is 1. The van der Waals surface area contributed by atoms with Crippen LogP contribution in [0.2, 0.25) is 0 Å². The fraction of sp³-hybridized carbons (Fsp3) is 0.535. The van der Waals surface area contributed by atoms with Crippen LogP contribution in [0.1, 0.15) is 73.5 Å². The third-order valence-corrected chi connectivity index (χ3v) is 11.7. The lowest BCUT2D eigenvalue weighted by Crippen LogP contribution is -2.60. The predicted molar refractivity (Wildman–Crippen MR) is 207 cm³/mol. The zero-order valence-corrected chi connectivity index (χ0v) is 33.0. The minimum Gasteiger partial charge on any atom is -0.493 e. The van der Waals surface area contributed by atoms with E-state index >= 15 is 4.79 Å². The predicted octanol–water partition coefficient (Wildman–Crippen LogP) is 6.36. The zero-order chi connectivity index (χ0) is 39.1. The van der Waals surface area contributed by atoms with E-state index in [0.717, 1.165) is 43.6 Å². The van der Waals surface area contributed by atoms with Gasteiger partial charge in [0.1, 0.15) is 12.4 Å². The third-order valence-electron chi connectivity index (χ3n) is 11.7. The van der Waals surface area contributed by atoms with E-state index in [1.54, 1.807) is 46.5 Å². The molecule has 12 nitrogen and oxygen atoms in total. The van der Waals surface area contributed by atoms with Crippen LogP contribution in [0.25, 0.3) is 0 Å². The van der Waals surface area contributed by atoms with Gasteiger partial charge in [-0.1, -0.05) is 38.0 Å². The molecule has 12 heteroatoms. The molecule has 0 spiro atoms. The molecule has 1 unspecified atom stereocenters. The van der Waals surface area contributed by atoms with Gasteiger partial charge in [0.25, 0.3) is 0 Å². The first-order valence-corrected chi connectivity index (χ1v) is 19.3. The van der Waals surface area contributed by atoms with Crippen LogP contribution in [0.15, 0.2) is 54.6 Å². The van der Waals surface area contributed by atoms with E-state index in [-0.39, 0.29) is 12.5 Å². The van der Waals surface area contributed by atoms with E-state index in [1.165, 1.54) is 0 Å². The Morgan fingerprint density at radius 3 is 2.11 bits per heavy atom. The molecule has 55 heavy (non-hydrogen) atoms. The Bertz CT molecular complexity index is 1770. The fourth-order valence-corrected chi connectivity index (χ4v) is 8.78. The number of likely N-dealkylation sites (tertiary alicyclic amines) is 1. The van der Waals surface area contributed by atoms with Crippen LogP contribution in [-0.4, -0.2) is 114 Å². The lowest BCUT2D eigenvalue weighted by molar-refractivity contribution is -0.160. The quantitative estimate of drug-likeness (QED) is 0.156. The van der Waals surface area contributed by atoms with Gasteiger partial charge in [0.05, 0.1) is 54.7 Å². The molecule has 3 aromatic rings. The number of carbonyl (C=O) groups excluding carboxylic acids is 1. The van der Waals surface area contributed by atoms with Crippen molar-refractivity contribution in [3.63, 3.8) is 0 Å². The zero-order valence-electron chi connectivity index (χ0n) is 33.0. The summed E-state index contributed by atoms with van der Waals surface area (Å²) in [6, 6.07) is 16.9. The molecule has 0 radical (unpaired) electrons. The number of methoxy groups -OCH3 is 5. The SMILES string of the molecule is CCC(c1cccc(OCCN2CCOCC2)c1)[C@@]1(C(=O)O)[C@@H](c2ccc(OC)c(OC)c2)CCN1C(=O)[C@@H](CC1CC1)c1cc(OC)c(OC)c(OC)c1. The number of nitrogens with zero attached hydrogens (tertiary/aromatic N) is 2. The minimum absolute atomic E-state index is 0.233. The molecule has 298 valence electrons. The number of carboxylic acid groups (broad SMARTS) is 1. The maximum atomic E-state index is 15.5. The van der Waals surface area contributed by atoms with E-state index in [4.69, 9.17) is 33.2 Å². The van der Waals surface area contributed by atoms with Crippen molar-refractivity contribution in [3.05, 3.63) is 71.3 Å². The number of aliphatic carboxylic acids is 1. The standard InChI is InChI=1S/C43H56N2O10/c1-7-34(29-9-8-10-32(24-29)55-22-19-44-17-20-54-21-18-44)43(42(47)48)35(30-13-14-36(49-2)37(25-30)50-3)15-16-45(43)41(46)33(23-28-11-12-28)31-26-38(51-4)40(53-6)39(27-31)52-5/h8-10,13-14,24-28,33-35H,7,11-12,15-23H2,1-6H3,(H,47,48)/t33-,34?,35+,43-/m0/s1. The highest BCUT2D eigenvalue weighted by Gasteiger charge is 2.62. The van der Waals surface area contributed by atoms with Crippen LogP contribution in [0, 0.1) is 5.92 Å². The Hall–Kier alpha value is -4.68. The normalized spacial score (nSPS) is 21.1. The molecule has 3 aliphatic rings. The van der Waals surface area contributed by atoms with Gasteiger partial charge in [-0.25, -0.2) is 4.79 Å². The largest absolute Gasteiger partial charge is 0.493 e. The summed E-state index contributed by atoms with van der Waals surface area (Å²) in [4.78, 5) is 33.9. The highest BCUT2D eigenvalue weighted by molar-refractivity contribution is 5.93. The Morgan fingerprint density at radius 2 is 1.51 bits per heavy atom. The lowest BCUT2D eigenvalue weighted by Gasteiger charge is -2.46. The summed E-state index contributed by atoms with van der Waals surface area (Å²) in [5.74, 6) is 0.253. The van der Waals surface area contributed by atoms with Gasteiger partial charge in [0.15, 0.2) is 28.5 Å². The number of hydrogen-bond acceptors (Lipinski definition) is 10. The fourth-order valence-electron chi connectivity index (χ4n) is 8.78.